The summed E-state index contributed by atoms with van der Waals surface area (Å²) in [5, 5.41) is 0. The van der Waals surface area contributed by atoms with E-state index >= 15 is 0 Å². The maximum atomic E-state index is 6.12. The van der Waals surface area contributed by atoms with E-state index in [9.17, 15) is 0 Å². The minimum atomic E-state index is 0.436. The lowest BCUT2D eigenvalue weighted by Crippen LogP contribution is -2.47. The van der Waals surface area contributed by atoms with Gasteiger partial charge in [-0.25, -0.2) is 0 Å². The van der Waals surface area contributed by atoms with E-state index < -0.39 is 0 Å². The lowest BCUT2D eigenvalue weighted by molar-refractivity contribution is 0.119. The molecule has 0 radical (unpaired) electrons. The van der Waals surface area contributed by atoms with Gasteiger partial charge in [0.25, 0.3) is 0 Å². The van der Waals surface area contributed by atoms with Gasteiger partial charge < -0.3 is 10.5 Å². The fraction of sp³-hybridized carbons (Fsp3) is 0.667. The number of nitrogens with two attached hydrogens (primary N) is 1. The number of hydrogen-bond acceptors (Lipinski definition) is 3. The number of piperidine rings is 1. The van der Waals surface area contributed by atoms with Crippen LogP contribution in [0.1, 0.15) is 43.2 Å². The molecule has 116 valence electrons. The molecule has 0 amide bonds. The Balaban J connectivity index is 1.43. The number of rotatable bonds is 5. The smallest absolute Gasteiger partial charge is 0.119 e. The molecule has 3 nitrogen and oxygen atoms in total. The van der Waals surface area contributed by atoms with Crippen LogP contribution >= 0.6 is 0 Å². The van der Waals surface area contributed by atoms with Crippen molar-refractivity contribution in [2.24, 2.45) is 5.73 Å². The van der Waals surface area contributed by atoms with Crippen LogP contribution in [0.2, 0.25) is 0 Å². The summed E-state index contributed by atoms with van der Waals surface area (Å²) in [5.41, 5.74) is 8.75. The van der Waals surface area contributed by atoms with Crippen LogP contribution in [0.5, 0.6) is 5.75 Å². The summed E-state index contributed by atoms with van der Waals surface area (Å²) in [6, 6.07) is 8.26. The van der Waals surface area contributed by atoms with Crippen molar-refractivity contribution in [1.29, 1.82) is 0 Å². The van der Waals surface area contributed by atoms with Gasteiger partial charge in [-0.1, -0.05) is 6.07 Å². The van der Waals surface area contributed by atoms with Gasteiger partial charge in [-0.2, -0.15) is 0 Å². The van der Waals surface area contributed by atoms with Crippen LogP contribution in [-0.2, 0) is 0 Å². The zero-order valence-corrected chi connectivity index (χ0v) is 13.3. The highest BCUT2D eigenvalue weighted by atomic mass is 16.5. The normalized spacial score (nSPS) is 28.8. The summed E-state index contributed by atoms with van der Waals surface area (Å²) in [7, 11) is 0. The highest BCUT2D eigenvalue weighted by molar-refractivity contribution is 5.33. The van der Waals surface area contributed by atoms with Gasteiger partial charge in [0.05, 0.1) is 6.61 Å². The highest BCUT2D eigenvalue weighted by Gasteiger charge is 2.38. The molecule has 0 aromatic heterocycles. The number of nitrogens with zero attached hydrogens (tertiary/aromatic N) is 1. The monoisotopic (exact) mass is 288 g/mol. The van der Waals surface area contributed by atoms with E-state index in [4.69, 9.17) is 10.5 Å². The molecule has 2 N–H and O–H groups in total. The van der Waals surface area contributed by atoms with Gasteiger partial charge in [0.1, 0.15) is 5.75 Å². The highest BCUT2D eigenvalue weighted by Crippen LogP contribution is 2.34. The minimum Gasteiger partial charge on any atom is -0.494 e. The molecule has 0 spiro atoms. The third-order valence-electron chi connectivity index (χ3n) is 5.23. The lowest BCUT2D eigenvalue weighted by Gasteiger charge is -2.37. The van der Waals surface area contributed by atoms with Crippen LogP contribution in [0.15, 0.2) is 18.2 Å². The van der Waals surface area contributed by atoms with Crippen molar-refractivity contribution in [3.05, 3.63) is 29.3 Å². The Labute approximate surface area is 128 Å². The van der Waals surface area contributed by atoms with Crippen molar-refractivity contribution >= 4 is 0 Å². The first-order valence-electron chi connectivity index (χ1n) is 8.35. The minimum absolute atomic E-state index is 0.436. The molecule has 2 heterocycles. The first kappa shape index (κ1) is 14.9. The van der Waals surface area contributed by atoms with E-state index in [1.807, 2.05) is 0 Å². The van der Waals surface area contributed by atoms with E-state index in [0.717, 1.165) is 37.4 Å². The number of fused-ring (bicyclic) bond motifs is 2. The maximum Gasteiger partial charge on any atom is 0.119 e. The molecule has 2 aliphatic heterocycles. The lowest BCUT2D eigenvalue weighted by atomic mass is 9.98. The van der Waals surface area contributed by atoms with Crippen LogP contribution in [0, 0.1) is 13.8 Å². The van der Waals surface area contributed by atoms with Gasteiger partial charge in [-0.3, -0.25) is 4.90 Å². The molecule has 2 fully saturated rings. The summed E-state index contributed by atoms with van der Waals surface area (Å²) in [4.78, 5) is 2.69. The fourth-order valence-electron chi connectivity index (χ4n) is 3.92. The fourth-order valence-corrected chi connectivity index (χ4v) is 3.92. The summed E-state index contributed by atoms with van der Waals surface area (Å²) >= 11 is 0. The largest absolute Gasteiger partial charge is 0.494 e. The molecular weight excluding hydrogens is 260 g/mol. The number of ether oxygens (including phenoxy) is 1. The Morgan fingerprint density at radius 1 is 1.14 bits per heavy atom. The van der Waals surface area contributed by atoms with E-state index in [2.05, 4.69) is 36.9 Å². The Bertz CT molecular complexity index is 474. The molecule has 21 heavy (non-hydrogen) atoms. The van der Waals surface area contributed by atoms with E-state index in [1.54, 1.807) is 0 Å². The van der Waals surface area contributed by atoms with Gasteiger partial charge in [0, 0.05) is 24.7 Å². The quantitative estimate of drug-likeness (QED) is 0.846. The molecule has 1 aromatic carbocycles. The van der Waals surface area contributed by atoms with Crippen molar-refractivity contribution in [3.8, 4) is 5.75 Å². The van der Waals surface area contributed by atoms with Gasteiger partial charge in [-0.05, 0) is 69.2 Å². The second kappa shape index (κ2) is 6.37. The van der Waals surface area contributed by atoms with Gasteiger partial charge in [-0.15, -0.1) is 0 Å². The van der Waals surface area contributed by atoms with Gasteiger partial charge in [0.15, 0.2) is 0 Å². The average Bonchev–Trinajstić information content (AvgIpc) is 2.69. The average molecular weight is 288 g/mol. The Hall–Kier alpha value is -1.06. The third kappa shape index (κ3) is 3.41. The van der Waals surface area contributed by atoms with Crippen molar-refractivity contribution < 1.29 is 4.74 Å². The maximum absolute atomic E-state index is 6.12. The SMILES string of the molecule is Cc1ccc(OCCCN2C3CCC2CC(N)C3)cc1C. The van der Waals surface area contributed by atoms with Gasteiger partial charge >= 0.3 is 0 Å². The molecule has 2 unspecified atom stereocenters. The molecular formula is C18H28N2O. The second-order valence-electron chi connectivity index (χ2n) is 6.80. The molecule has 0 saturated carbocycles. The third-order valence-corrected chi connectivity index (χ3v) is 5.23. The molecule has 1 aromatic rings. The molecule has 0 aliphatic carbocycles. The first-order chi connectivity index (χ1) is 10.1. The molecule has 2 atom stereocenters. The summed E-state index contributed by atoms with van der Waals surface area (Å²) in [6.45, 7) is 6.24. The van der Waals surface area contributed by atoms with Crippen molar-refractivity contribution in [2.45, 2.75) is 64.1 Å². The van der Waals surface area contributed by atoms with E-state index in [-0.39, 0.29) is 0 Å². The van der Waals surface area contributed by atoms with Crippen LogP contribution in [0.25, 0.3) is 0 Å². The second-order valence-corrected chi connectivity index (χ2v) is 6.80. The predicted molar refractivity (Wildman–Crippen MR) is 86.8 cm³/mol. The Morgan fingerprint density at radius 2 is 1.86 bits per heavy atom. The van der Waals surface area contributed by atoms with Crippen molar-refractivity contribution in [1.82, 2.24) is 4.90 Å². The number of benzene rings is 1. The molecule has 3 heteroatoms. The molecule has 3 rings (SSSR count). The predicted octanol–water partition coefficient (Wildman–Crippen LogP) is 3.03. The topological polar surface area (TPSA) is 38.5 Å². The zero-order valence-electron chi connectivity index (χ0n) is 13.3. The number of hydrogen-bond donors (Lipinski definition) is 1. The summed E-state index contributed by atoms with van der Waals surface area (Å²) in [5.74, 6) is 1.00. The van der Waals surface area contributed by atoms with Gasteiger partial charge in [0.2, 0.25) is 0 Å². The zero-order chi connectivity index (χ0) is 14.8. The molecule has 2 saturated heterocycles. The standard InChI is InChI=1S/C18H28N2O/c1-13-4-7-18(10-14(13)2)21-9-3-8-20-16-5-6-17(20)12-15(19)11-16/h4,7,10,15-17H,3,5-6,8-9,11-12,19H2,1-2H3. The summed E-state index contributed by atoms with van der Waals surface area (Å²) in [6.07, 6.45) is 6.17. The van der Waals surface area contributed by atoms with Crippen LogP contribution in [-0.4, -0.2) is 36.2 Å². The van der Waals surface area contributed by atoms with Crippen LogP contribution in [0.3, 0.4) is 0 Å². The van der Waals surface area contributed by atoms with E-state index in [1.165, 1.54) is 36.8 Å². The Morgan fingerprint density at radius 3 is 2.52 bits per heavy atom. The van der Waals surface area contributed by atoms with Crippen LogP contribution < -0.4 is 10.5 Å². The first-order valence-corrected chi connectivity index (χ1v) is 8.35. The van der Waals surface area contributed by atoms with Crippen molar-refractivity contribution in [2.75, 3.05) is 13.2 Å². The van der Waals surface area contributed by atoms with Crippen molar-refractivity contribution in [3.63, 3.8) is 0 Å². The number of aryl methyl sites for hydroxylation is 2. The molecule has 2 aliphatic rings. The molecule has 2 bridgehead atoms. The Kier molecular flexibility index (Phi) is 4.51. The summed E-state index contributed by atoms with van der Waals surface area (Å²) < 4.78 is 5.89. The van der Waals surface area contributed by atoms with Crippen LogP contribution in [0.4, 0.5) is 0 Å². The van der Waals surface area contributed by atoms with E-state index in [0.29, 0.717) is 6.04 Å².